The van der Waals surface area contributed by atoms with E-state index in [1.54, 1.807) is 24.3 Å². The van der Waals surface area contributed by atoms with Crippen LogP contribution in [-0.4, -0.2) is 40.5 Å². The summed E-state index contributed by atoms with van der Waals surface area (Å²) in [7, 11) is -6.76. The van der Waals surface area contributed by atoms with Gasteiger partial charge in [-0.3, -0.25) is 0 Å². The number of fused-ring (bicyclic) bond motifs is 1. The van der Waals surface area contributed by atoms with Crippen LogP contribution in [0, 0.1) is 0 Å². The molecule has 0 aromatic heterocycles. The van der Waals surface area contributed by atoms with Crippen molar-refractivity contribution in [3.63, 3.8) is 0 Å². The van der Waals surface area contributed by atoms with Crippen molar-refractivity contribution in [2.75, 3.05) is 19.3 Å². The normalized spacial score (nSPS) is 18.7. The lowest BCUT2D eigenvalue weighted by Gasteiger charge is -2.14. The smallest absolute Gasteiger partial charge is 0.214 e. The minimum absolute atomic E-state index is 0.0754. The van der Waals surface area contributed by atoms with Gasteiger partial charge in [-0.2, -0.15) is 4.31 Å². The molecule has 0 atom stereocenters. The highest BCUT2D eigenvalue weighted by Gasteiger charge is 2.33. The first kappa shape index (κ1) is 13.5. The molecule has 0 unspecified atom stereocenters. The summed E-state index contributed by atoms with van der Waals surface area (Å²) in [5, 5.41) is 0. The van der Waals surface area contributed by atoms with E-state index in [2.05, 4.69) is 4.72 Å². The number of nitrogens with one attached hydrogen (secondary N) is 1. The zero-order valence-corrected chi connectivity index (χ0v) is 11.5. The van der Waals surface area contributed by atoms with Gasteiger partial charge >= 0.3 is 0 Å². The molecule has 100 valence electrons. The summed E-state index contributed by atoms with van der Waals surface area (Å²) in [4.78, 5) is 0.310. The molecule has 0 saturated heterocycles. The summed E-state index contributed by atoms with van der Waals surface area (Å²) >= 11 is 0. The van der Waals surface area contributed by atoms with Gasteiger partial charge in [0.05, 0.1) is 11.2 Å². The van der Waals surface area contributed by atoms with Gasteiger partial charge in [-0.05, 0) is 11.6 Å². The topological polar surface area (TPSA) is 83.6 Å². The van der Waals surface area contributed by atoms with Crippen molar-refractivity contribution >= 4 is 20.0 Å². The first-order chi connectivity index (χ1) is 8.31. The summed E-state index contributed by atoms with van der Waals surface area (Å²) in [6, 6.07) is 6.78. The van der Waals surface area contributed by atoms with Crippen LogP contribution in [0.4, 0.5) is 0 Å². The average Bonchev–Trinajstić information content (AvgIpc) is 2.50. The summed E-state index contributed by atoms with van der Waals surface area (Å²) in [6.07, 6.45) is 1.04. The fourth-order valence-electron chi connectivity index (χ4n) is 1.86. The summed E-state index contributed by atoms with van der Waals surface area (Å²) in [5.41, 5.74) is 0.747. The number of sulfonamides is 2. The van der Waals surface area contributed by atoms with E-state index in [0.29, 0.717) is 11.4 Å². The Morgan fingerprint density at radius 3 is 2.61 bits per heavy atom. The summed E-state index contributed by atoms with van der Waals surface area (Å²) in [5.74, 6) is 0. The Morgan fingerprint density at radius 1 is 1.33 bits per heavy atom. The van der Waals surface area contributed by atoms with Gasteiger partial charge in [0, 0.05) is 19.6 Å². The minimum atomic E-state index is -3.47. The van der Waals surface area contributed by atoms with E-state index in [-0.39, 0.29) is 13.1 Å². The third-order valence-electron chi connectivity index (χ3n) is 2.66. The predicted octanol–water partition coefficient (Wildman–Crippen LogP) is -0.260. The standard InChI is InChI=1S/C10H14N2O4S2/c1-17(13,14)11-6-7-12-8-9-4-2-3-5-10(9)18(12,15)16/h2-5,11H,6-8H2,1H3. The van der Waals surface area contributed by atoms with E-state index in [4.69, 9.17) is 0 Å². The van der Waals surface area contributed by atoms with Crippen molar-refractivity contribution in [1.29, 1.82) is 0 Å². The number of hydrogen-bond donors (Lipinski definition) is 1. The van der Waals surface area contributed by atoms with Crippen LogP contribution >= 0.6 is 0 Å². The Hall–Kier alpha value is -0.960. The zero-order chi connectivity index (χ0) is 13.4. The molecule has 0 aliphatic carbocycles. The molecule has 0 radical (unpaired) electrons. The number of rotatable bonds is 4. The summed E-state index contributed by atoms with van der Waals surface area (Å²) < 4.78 is 49.5. The molecule has 8 heteroatoms. The quantitative estimate of drug-likeness (QED) is 0.828. The molecule has 1 heterocycles. The van der Waals surface area contributed by atoms with Gasteiger partial charge in [-0.1, -0.05) is 18.2 Å². The fraction of sp³-hybridized carbons (Fsp3) is 0.400. The summed E-state index contributed by atoms with van der Waals surface area (Å²) in [6.45, 7) is 0.500. The molecule has 0 bridgehead atoms. The lowest BCUT2D eigenvalue weighted by Crippen LogP contribution is -2.34. The zero-order valence-electron chi connectivity index (χ0n) is 9.83. The van der Waals surface area contributed by atoms with Crippen LogP contribution < -0.4 is 4.72 Å². The Labute approximate surface area is 107 Å². The fourth-order valence-corrected chi connectivity index (χ4v) is 3.95. The van der Waals surface area contributed by atoms with Gasteiger partial charge in [0.25, 0.3) is 0 Å². The minimum Gasteiger partial charge on any atom is -0.214 e. The Kier molecular flexibility index (Phi) is 3.45. The maximum Gasteiger partial charge on any atom is 0.243 e. The van der Waals surface area contributed by atoms with Gasteiger partial charge in [0.15, 0.2) is 0 Å². The second-order valence-electron chi connectivity index (χ2n) is 4.11. The molecular formula is C10H14N2O4S2. The van der Waals surface area contributed by atoms with E-state index in [1.165, 1.54) is 4.31 Å². The van der Waals surface area contributed by atoms with Crippen molar-refractivity contribution in [3.05, 3.63) is 29.8 Å². The van der Waals surface area contributed by atoms with E-state index in [1.807, 2.05) is 0 Å². The molecule has 1 aliphatic rings. The van der Waals surface area contributed by atoms with Gasteiger partial charge < -0.3 is 0 Å². The van der Waals surface area contributed by atoms with Crippen LogP contribution in [0.3, 0.4) is 0 Å². The van der Waals surface area contributed by atoms with Crippen LogP contribution in [0.5, 0.6) is 0 Å². The molecule has 0 amide bonds. The number of benzene rings is 1. The molecule has 1 N–H and O–H groups in total. The van der Waals surface area contributed by atoms with E-state index in [9.17, 15) is 16.8 Å². The molecule has 0 fully saturated rings. The van der Waals surface area contributed by atoms with Crippen molar-refractivity contribution in [3.8, 4) is 0 Å². The van der Waals surface area contributed by atoms with Crippen LogP contribution in [-0.2, 0) is 26.6 Å². The Morgan fingerprint density at radius 2 is 2.00 bits per heavy atom. The maximum atomic E-state index is 12.1. The number of hydrogen-bond acceptors (Lipinski definition) is 4. The van der Waals surface area contributed by atoms with Gasteiger partial charge in [-0.25, -0.2) is 21.6 Å². The average molecular weight is 290 g/mol. The highest BCUT2D eigenvalue weighted by Crippen LogP contribution is 2.29. The maximum absolute atomic E-state index is 12.1. The molecule has 0 spiro atoms. The van der Waals surface area contributed by atoms with Crippen molar-refractivity contribution in [1.82, 2.24) is 9.03 Å². The largest absolute Gasteiger partial charge is 0.243 e. The lowest BCUT2D eigenvalue weighted by atomic mass is 10.2. The SMILES string of the molecule is CS(=O)(=O)NCCN1Cc2ccccc2S1(=O)=O. The third kappa shape index (κ3) is 2.72. The lowest BCUT2D eigenvalue weighted by molar-refractivity contribution is 0.426. The van der Waals surface area contributed by atoms with E-state index >= 15 is 0 Å². The van der Waals surface area contributed by atoms with Crippen molar-refractivity contribution < 1.29 is 16.8 Å². The second kappa shape index (κ2) is 4.61. The highest BCUT2D eigenvalue weighted by molar-refractivity contribution is 7.89. The van der Waals surface area contributed by atoms with Crippen molar-refractivity contribution in [2.45, 2.75) is 11.4 Å². The molecule has 1 aromatic rings. The van der Waals surface area contributed by atoms with Gasteiger partial charge in [-0.15, -0.1) is 0 Å². The monoisotopic (exact) mass is 290 g/mol. The molecule has 1 aromatic carbocycles. The molecule has 18 heavy (non-hydrogen) atoms. The van der Waals surface area contributed by atoms with E-state index < -0.39 is 20.0 Å². The van der Waals surface area contributed by atoms with Gasteiger partial charge in [0.1, 0.15) is 0 Å². The van der Waals surface area contributed by atoms with Crippen LogP contribution in [0.25, 0.3) is 0 Å². The first-order valence-corrected chi connectivity index (χ1v) is 8.66. The van der Waals surface area contributed by atoms with Crippen LogP contribution in [0.2, 0.25) is 0 Å². The molecule has 0 saturated carbocycles. The van der Waals surface area contributed by atoms with Crippen LogP contribution in [0.15, 0.2) is 29.2 Å². The second-order valence-corrected chi connectivity index (χ2v) is 7.85. The Bertz CT molecular complexity index is 652. The number of nitrogens with zero attached hydrogens (tertiary/aromatic N) is 1. The van der Waals surface area contributed by atoms with Gasteiger partial charge in [0.2, 0.25) is 20.0 Å². The molecule has 2 rings (SSSR count). The molecule has 1 aliphatic heterocycles. The molecule has 6 nitrogen and oxygen atoms in total. The highest BCUT2D eigenvalue weighted by atomic mass is 32.2. The Balaban J connectivity index is 2.11. The van der Waals surface area contributed by atoms with Crippen LogP contribution in [0.1, 0.15) is 5.56 Å². The van der Waals surface area contributed by atoms with E-state index in [0.717, 1.165) is 11.8 Å². The van der Waals surface area contributed by atoms with Crippen molar-refractivity contribution in [2.24, 2.45) is 0 Å². The molecular weight excluding hydrogens is 276 g/mol. The predicted molar refractivity (Wildman–Crippen MR) is 66.9 cm³/mol. The third-order valence-corrected chi connectivity index (χ3v) is 5.34. The first-order valence-electron chi connectivity index (χ1n) is 5.33.